The maximum absolute atomic E-state index is 12.5. The SMILES string of the molecule is O=C(c1ccc(Cl)c(Cl)c1)c1ccc2c(c1)C(=O)NCC2. The summed E-state index contributed by atoms with van der Waals surface area (Å²) in [7, 11) is 0. The predicted molar refractivity (Wildman–Crippen MR) is 82.4 cm³/mol. The number of amides is 1. The van der Waals surface area contributed by atoms with E-state index in [2.05, 4.69) is 5.32 Å². The maximum Gasteiger partial charge on any atom is 0.251 e. The van der Waals surface area contributed by atoms with Crippen molar-refractivity contribution in [2.45, 2.75) is 6.42 Å². The molecule has 2 aromatic rings. The van der Waals surface area contributed by atoms with Crippen LogP contribution in [0, 0.1) is 0 Å². The molecule has 0 radical (unpaired) electrons. The molecule has 0 aliphatic carbocycles. The van der Waals surface area contributed by atoms with Crippen LogP contribution < -0.4 is 5.32 Å². The first-order valence-corrected chi connectivity index (χ1v) is 7.23. The zero-order valence-electron chi connectivity index (χ0n) is 11.0. The van der Waals surface area contributed by atoms with Gasteiger partial charge in [0.05, 0.1) is 10.0 Å². The molecule has 1 amide bonds. The number of carbonyl (C=O) groups is 2. The number of fused-ring (bicyclic) bond motifs is 1. The largest absolute Gasteiger partial charge is 0.352 e. The van der Waals surface area contributed by atoms with Gasteiger partial charge in [0, 0.05) is 23.2 Å². The molecule has 0 saturated heterocycles. The number of nitrogens with one attached hydrogen (secondary N) is 1. The van der Waals surface area contributed by atoms with Gasteiger partial charge in [-0.05, 0) is 36.2 Å². The second kappa shape index (κ2) is 5.51. The van der Waals surface area contributed by atoms with Crippen LogP contribution >= 0.6 is 23.2 Å². The molecule has 0 saturated carbocycles. The minimum Gasteiger partial charge on any atom is -0.352 e. The van der Waals surface area contributed by atoms with Gasteiger partial charge in [0.1, 0.15) is 0 Å². The van der Waals surface area contributed by atoms with E-state index >= 15 is 0 Å². The highest BCUT2D eigenvalue weighted by Gasteiger charge is 2.19. The van der Waals surface area contributed by atoms with Crippen LogP contribution in [-0.4, -0.2) is 18.2 Å². The van der Waals surface area contributed by atoms with Crippen LogP contribution in [0.1, 0.15) is 31.8 Å². The summed E-state index contributed by atoms with van der Waals surface area (Å²) in [5.41, 5.74) is 2.43. The lowest BCUT2D eigenvalue weighted by molar-refractivity contribution is 0.0946. The van der Waals surface area contributed by atoms with Crippen molar-refractivity contribution in [3.8, 4) is 0 Å². The highest BCUT2D eigenvalue weighted by molar-refractivity contribution is 6.42. The lowest BCUT2D eigenvalue weighted by Gasteiger charge is -2.17. The Balaban J connectivity index is 2.00. The van der Waals surface area contributed by atoms with Gasteiger partial charge in [0.25, 0.3) is 5.91 Å². The summed E-state index contributed by atoms with van der Waals surface area (Å²) in [5.74, 6) is -0.324. The Labute approximate surface area is 131 Å². The van der Waals surface area contributed by atoms with Gasteiger partial charge in [0.2, 0.25) is 0 Å². The van der Waals surface area contributed by atoms with Crippen molar-refractivity contribution in [2.75, 3.05) is 6.54 Å². The molecule has 5 heteroatoms. The van der Waals surface area contributed by atoms with Crippen LogP contribution in [0.2, 0.25) is 10.0 Å². The highest BCUT2D eigenvalue weighted by Crippen LogP contribution is 2.25. The zero-order valence-corrected chi connectivity index (χ0v) is 12.5. The summed E-state index contributed by atoms with van der Waals surface area (Å²) in [4.78, 5) is 24.3. The molecule has 1 aliphatic heterocycles. The minimum atomic E-state index is -0.185. The van der Waals surface area contributed by atoms with Crippen molar-refractivity contribution < 1.29 is 9.59 Å². The monoisotopic (exact) mass is 319 g/mol. The van der Waals surface area contributed by atoms with Gasteiger partial charge in [-0.1, -0.05) is 35.3 Å². The van der Waals surface area contributed by atoms with Gasteiger partial charge >= 0.3 is 0 Å². The smallest absolute Gasteiger partial charge is 0.251 e. The van der Waals surface area contributed by atoms with E-state index in [0.717, 1.165) is 12.0 Å². The van der Waals surface area contributed by atoms with Crippen molar-refractivity contribution in [3.05, 3.63) is 68.7 Å². The third kappa shape index (κ3) is 2.67. The Morgan fingerprint density at radius 3 is 2.48 bits per heavy atom. The van der Waals surface area contributed by atoms with Gasteiger partial charge in [-0.3, -0.25) is 9.59 Å². The number of hydrogen-bond donors (Lipinski definition) is 1. The van der Waals surface area contributed by atoms with Crippen LogP contribution in [0.4, 0.5) is 0 Å². The van der Waals surface area contributed by atoms with E-state index in [1.54, 1.807) is 24.3 Å². The Morgan fingerprint density at radius 1 is 1.00 bits per heavy atom. The van der Waals surface area contributed by atoms with Gasteiger partial charge in [-0.15, -0.1) is 0 Å². The van der Waals surface area contributed by atoms with Crippen molar-refractivity contribution in [1.29, 1.82) is 0 Å². The van der Waals surface area contributed by atoms with E-state index < -0.39 is 0 Å². The molecule has 2 aromatic carbocycles. The number of rotatable bonds is 2. The molecular weight excluding hydrogens is 309 g/mol. The van der Waals surface area contributed by atoms with Gasteiger partial charge in [-0.25, -0.2) is 0 Å². The number of benzene rings is 2. The third-order valence-electron chi connectivity index (χ3n) is 3.48. The van der Waals surface area contributed by atoms with Crippen LogP contribution in [0.25, 0.3) is 0 Å². The molecule has 21 heavy (non-hydrogen) atoms. The molecule has 106 valence electrons. The molecule has 3 nitrogen and oxygen atoms in total. The maximum atomic E-state index is 12.5. The standard InChI is InChI=1S/C16H11Cl2NO2/c17-13-4-3-11(8-14(13)18)15(20)10-2-1-9-5-6-19-16(21)12(9)7-10/h1-4,7-8H,5-6H2,(H,19,21). The molecule has 0 unspecified atom stereocenters. The Bertz CT molecular complexity index is 756. The average molecular weight is 320 g/mol. The molecule has 0 bridgehead atoms. The van der Waals surface area contributed by atoms with Crippen LogP contribution in [0.5, 0.6) is 0 Å². The van der Waals surface area contributed by atoms with E-state index in [0.29, 0.717) is 33.3 Å². The fourth-order valence-electron chi connectivity index (χ4n) is 2.36. The van der Waals surface area contributed by atoms with Crippen LogP contribution in [0.3, 0.4) is 0 Å². The Hall–Kier alpha value is -1.84. The van der Waals surface area contributed by atoms with Crippen molar-refractivity contribution >= 4 is 34.9 Å². The van der Waals surface area contributed by atoms with Gasteiger partial charge < -0.3 is 5.32 Å². The quantitative estimate of drug-likeness (QED) is 0.861. The number of halogens is 2. The molecule has 3 rings (SSSR count). The second-order valence-corrected chi connectivity index (χ2v) is 5.65. The van der Waals surface area contributed by atoms with Gasteiger partial charge in [0.15, 0.2) is 5.78 Å². The topological polar surface area (TPSA) is 46.2 Å². The fraction of sp³-hybridized carbons (Fsp3) is 0.125. The van der Waals surface area contributed by atoms with E-state index in [9.17, 15) is 9.59 Å². The van der Waals surface area contributed by atoms with E-state index in [-0.39, 0.29) is 11.7 Å². The molecular formula is C16H11Cl2NO2. The Kier molecular flexibility index (Phi) is 3.70. The molecule has 0 aromatic heterocycles. The minimum absolute atomic E-state index is 0.139. The van der Waals surface area contributed by atoms with Crippen LogP contribution in [0.15, 0.2) is 36.4 Å². The summed E-state index contributed by atoms with van der Waals surface area (Å²) < 4.78 is 0. The molecule has 1 N–H and O–H groups in total. The summed E-state index contributed by atoms with van der Waals surface area (Å²) >= 11 is 11.8. The van der Waals surface area contributed by atoms with E-state index in [1.165, 1.54) is 6.07 Å². The predicted octanol–water partition coefficient (Wildman–Crippen LogP) is 3.51. The lowest BCUT2D eigenvalue weighted by Crippen LogP contribution is -2.32. The van der Waals surface area contributed by atoms with E-state index in [1.807, 2.05) is 6.07 Å². The van der Waals surface area contributed by atoms with Crippen molar-refractivity contribution in [1.82, 2.24) is 5.32 Å². The molecule has 0 fully saturated rings. The molecule has 0 spiro atoms. The van der Waals surface area contributed by atoms with E-state index in [4.69, 9.17) is 23.2 Å². The summed E-state index contributed by atoms with van der Waals surface area (Å²) in [6.07, 6.45) is 0.780. The third-order valence-corrected chi connectivity index (χ3v) is 4.22. The highest BCUT2D eigenvalue weighted by atomic mass is 35.5. The lowest BCUT2D eigenvalue weighted by atomic mass is 9.94. The number of ketones is 1. The first kappa shape index (κ1) is 14.1. The summed E-state index contributed by atoms with van der Waals surface area (Å²) in [6.45, 7) is 0.631. The molecule has 0 atom stereocenters. The molecule has 1 aliphatic rings. The fourth-order valence-corrected chi connectivity index (χ4v) is 2.66. The number of carbonyl (C=O) groups excluding carboxylic acids is 2. The van der Waals surface area contributed by atoms with Crippen LogP contribution in [-0.2, 0) is 6.42 Å². The van der Waals surface area contributed by atoms with Gasteiger partial charge in [-0.2, -0.15) is 0 Å². The molecule has 1 heterocycles. The zero-order chi connectivity index (χ0) is 15.0. The second-order valence-electron chi connectivity index (χ2n) is 4.84. The average Bonchev–Trinajstić information content (AvgIpc) is 2.49. The first-order valence-electron chi connectivity index (χ1n) is 6.47. The number of hydrogen-bond acceptors (Lipinski definition) is 2. The summed E-state index contributed by atoms with van der Waals surface area (Å²) in [5, 5.41) is 3.50. The van der Waals surface area contributed by atoms with Crippen molar-refractivity contribution in [2.24, 2.45) is 0 Å². The van der Waals surface area contributed by atoms with Crippen molar-refractivity contribution in [3.63, 3.8) is 0 Å². The first-order chi connectivity index (χ1) is 10.1. The normalized spacial score (nSPS) is 13.5. The Morgan fingerprint density at radius 2 is 1.71 bits per heavy atom. The summed E-state index contributed by atoms with van der Waals surface area (Å²) in [6, 6.07) is 9.94.